The summed E-state index contributed by atoms with van der Waals surface area (Å²) in [6.45, 7) is 4.89. The van der Waals surface area contributed by atoms with Crippen molar-refractivity contribution in [1.29, 1.82) is 0 Å². The SMILES string of the molecule is CC1C(C)C2c3ccccc3N(C)C2C1c1ccccc1. The van der Waals surface area contributed by atoms with E-state index in [2.05, 4.69) is 80.4 Å². The van der Waals surface area contributed by atoms with E-state index in [9.17, 15) is 0 Å². The van der Waals surface area contributed by atoms with Gasteiger partial charge in [-0.1, -0.05) is 62.4 Å². The Labute approximate surface area is 127 Å². The minimum Gasteiger partial charge on any atom is -0.370 e. The molecule has 1 heteroatoms. The van der Waals surface area contributed by atoms with E-state index in [-0.39, 0.29) is 0 Å². The highest BCUT2D eigenvalue weighted by Crippen LogP contribution is 2.58. The van der Waals surface area contributed by atoms with Crippen LogP contribution in [0, 0.1) is 11.8 Å². The van der Waals surface area contributed by atoms with Gasteiger partial charge in [0.1, 0.15) is 0 Å². The Balaban J connectivity index is 1.83. The highest BCUT2D eigenvalue weighted by atomic mass is 15.2. The van der Waals surface area contributed by atoms with Crippen LogP contribution < -0.4 is 4.90 Å². The average Bonchev–Trinajstić information content (AvgIpc) is 2.95. The third kappa shape index (κ3) is 1.70. The number of nitrogens with zero attached hydrogens (tertiary/aromatic N) is 1. The second-order valence-electron chi connectivity index (χ2n) is 6.84. The fourth-order valence-electron chi connectivity index (χ4n) is 4.88. The number of rotatable bonds is 1. The van der Waals surface area contributed by atoms with Gasteiger partial charge in [0, 0.05) is 30.6 Å². The molecule has 21 heavy (non-hydrogen) atoms. The smallest absolute Gasteiger partial charge is 0.0429 e. The molecule has 4 rings (SSSR count). The summed E-state index contributed by atoms with van der Waals surface area (Å²) in [5.74, 6) is 2.75. The predicted molar refractivity (Wildman–Crippen MR) is 88.9 cm³/mol. The van der Waals surface area contributed by atoms with Crippen molar-refractivity contribution in [3.8, 4) is 0 Å². The second-order valence-corrected chi connectivity index (χ2v) is 6.84. The van der Waals surface area contributed by atoms with Gasteiger partial charge in [0.15, 0.2) is 0 Å². The quantitative estimate of drug-likeness (QED) is 0.733. The standard InChI is InChI=1S/C20H23N/c1-13-14(2)19-16-11-7-8-12-17(16)21(3)20(19)18(13)15-9-5-4-6-10-15/h4-14,18-20H,1-3H3. The summed E-state index contributed by atoms with van der Waals surface area (Å²) >= 11 is 0. The number of para-hydroxylation sites is 1. The van der Waals surface area contributed by atoms with E-state index >= 15 is 0 Å². The molecule has 0 spiro atoms. The lowest BCUT2D eigenvalue weighted by Gasteiger charge is -2.30. The molecule has 0 bridgehead atoms. The molecule has 1 heterocycles. The molecule has 5 unspecified atom stereocenters. The Morgan fingerprint density at radius 3 is 2.14 bits per heavy atom. The highest BCUT2D eigenvalue weighted by Gasteiger charge is 2.53. The molecule has 5 atom stereocenters. The first-order chi connectivity index (χ1) is 10.2. The van der Waals surface area contributed by atoms with Crippen LogP contribution in [0.5, 0.6) is 0 Å². The van der Waals surface area contributed by atoms with E-state index in [1.54, 1.807) is 5.56 Å². The monoisotopic (exact) mass is 277 g/mol. The average molecular weight is 277 g/mol. The second kappa shape index (κ2) is 4.62. The molecular weight excluding hydrogens is 254 g/mol. The Morgan fingerprint density at radius 1 is 0.762 bits per heavy atom. The maximum atomic E-state index is 2.54. The molecule has 2 aromatic carbocycles. The minimum absolute atomic E-state index is 0.606. The van der Waals surface area contributed by atoms with E-state index in [0.717, 1.165) is 11.8 Å². The van der Waals surface area contributed by atoms with Crippen molar-refractivity contribution in [2.24, 2.45) is 11.8 Å². The number of anilines is 1. The van der Waals surface area contributed by atoms with Gasteiger partial charge < -0.3 is 4.90 Å². The summed E-state index contributed by atoms with van der Waals surface area (Å²) < 4.78 is 0. The Kier molecular flexibility index (Phi) is 2.85. The summed E-state index contributed by atoms with van der Waals surface area (Å²) in [6.07, 6.45) is 0. The largest absolute Gasteiger partial charge is 0.370 e. The molecule has 0 N–H and O–H groups in total. The Hall–Kier alpha value is -1.76. The minimum atomic E-state index is 0.606. The van der Waals surface area contributed by atoms with Gasteiger partial charge >= 0.3 is 0 Å². The highest BCUT2D eigenvalue weighted by molar-refractivity contribution is 5.63. The van der Waals surface area contributed by atoms with Gasteiger partial charge in [0.25, 0.3) is 0 Å². The summed E-state index contributed by atoms with van der Waals surface area (Å²) in [5, 5.41) is 0. The van der Waals surface area contributed by atoms with Crippen molar-refractivity contribution in [2.75, 3.05) is 11.9 Å². The fraction of sp³-hybridized carbons (Fsp3) is 0.400. The first-order valence-corrected chi connectivity index (χ1v) is 8.07. The van der Waals surface area contributed by atoms with Crippen molar-refractivity contribution in [1.82, 2.24) is 0 Å². The fourth-order valence-corrected chi connectivity index (χ4v) is 4.88. The first-order valence-electron chi connectivity index (χ1n) is 8.07. The van der Waals surface area contributed by atoms with Gasteiger partial charge in [-0.25, -0.2) is 0 Å². The summed E-state index contributed by atoms with van der Waals surface area (Å²) in [5.41, 5.74) is 4.50. The van der Waals surface area contributed by atoms with Crippen LogP contribution in [-0.2, 0) is 0 Å². The molecule has 2 aromatic rings. The number of fused-ring (bicyclic) bond motifs is 3. The van der Waals surface area contributed by atoms with Crippen LogP contribution in [-0.4, -0.2) is 13.1 Å². The molecule has 0 amide bonds. The van der Waals surface area contributed by atoms with Crippen molar-refractivity contribution in [3.63, 3.8) is 0 Å². The van der Waals surface area contributed by atoms with E-state index in [4.69, 9.17) is 0 Å². The maximum Gasteiger partial charge on any atom is 0.0429 e. The molecule has 1 nitrogen and oxygen atoms in total. The van der Waals surface area contributed by atoms with Gasteiger partial charge in [-0.2, -0.15) is 0 Å². The van der Waals surface area contributed by atoms with Crippen LogP contribution in [0.3, 0.4) is 0 Å². The number of hydrogen-bond donors (Lipinski definition) is 0. The van der Waals surface area contributed by atoms with Crippen molar-refractivity contribution >= 4 is 5.69 Å². The zero-order valence-corrected chi connectivity index (χ0v) is 13.0. The summed E-state index contributed by atoms with van der Waals surface area (Å²) in [4.78, 5) is 2.54. The van der Waals surface area contributed by atoms with Crippen LogP contribution in [0.25, 0.3) is 0 Å². The van der Waals surface area contributed by atoms with Crippen LogP contribution in [0.1, 0.15) is 36.8 Å². The van der Waals surface area contributed by atoms with E-state index in [1.165, 1.54) is 11.3 Å². The molecule has 0 aromatic heterocycles. The lowest BCUT2D eigenvalue weighted by Crippen LogP contribution is -2.33. The van der Waals surface area contributed by atoms with E-state index in [1.807, 2.05) is 0 Å². The van der Waals surface area contributed by atoms with Crippen molar-refractivity contribution in [2.45, 2.75) is 31.7 Å². The van der Waals surface area contributed by atoms with Gasteiger partial charge in [0.05, 0.1) is 0 Å². The Morgan fingerprint density at radius 2 is 1.38 bits per heavy atom. The van der Waals surface area contributed by atoms with E-state index < -0.39 is 0 Å². The van der Waals surface area contributed by atoms with Crippen LogP contribution in [0.2, 0.25) is 0 Å². The number of benzene rings is 2. The zero-order chi connectivity index (χ0) is 14.6. The predicted octanol–water partition coefficient (Wildman–Crippen LogP) is 4.66. The topological polar surface area (TPSA) is 3.24 Å². The molecular formula is C20H23N. The van der Waals surface area contributed by atoms with Crippen LogP contribution >= 0.6 is 0 Å². The van der Waals surface area contributed by atoms with Gasteiger partial charge in [-0.3, -0.25) is 0 Å². The first kappa shape index (κ1) is 12.9. The molecule has 1 fully saturated rings. The molecule has 1 aliphatic heterocycles. The number of likely N-dealkylation sites (N-methyl/N-ethyl adjacent to an activating group) is 1. The van der Waals surface area contributed by atoms with Crippen molar-refractivity contribution in [3.05, 3.63) is 65.7 Å². The molecule has 108 valence electrons. The maximum absolute atomic E-state index is 2.54. The summed E-state index contributed by atoms with van der Waals surface area (Å²) in [6, 6.07) is 20.7. The van der Waals surface area contributed by atoms with E-state index in [0.29, 0.717) is 17.9 Å². The third-order valence-corrected chi connectivity index (χ3v) is 6.01. The normalized spacial score (nSPS) is 33.9. The van der Waals surface area contributed by atoms with Gasteiger partial charge in [-0.05, 0) is 29.0 Å². The van der Waals surface area contributed by atoms with Crippen molar-refractivity contribution < 1.29 is 0 Å². The Bertz CT molecular complexity index is 646. The molecule has 1 saturated carbocycles. The molecule has 0 saturated heterocycles. The summed E-state index contributed by atoms with van der Waals surface area (Å²) in [7, 11) is 2.28. The lowest BCUT2D eigenvalue weighted by atomic mass is 9.84. The van der Waals surface area contributed by atoms with Crippen LogP contribution in [0.4, 0.5) is 5.69 Å². The molecule has 2 aliphatic rings. The zero-order valence-electron chi connectivity index (χ0n) is 13.0. The third-order valence-electron chi connectivity index (χ3n) is 6.01. The molecule has 1 aliphatic carbocycles. The number of hydrogen-bond acceptors (Lipinski definition) is 1. The van der Waals surface area contributed by atoms with Gasteiger partial charge in [0.2, 0.25) is 0 Å². The van der Waals surface area contributed by atoms with Crippen LogP contribution in [0.15, 0.2) is 54.6 Å². The van der Waals surface area contributed by atoms with Gasteiger partial charge in [-0.15, -0.1) is 0 Å². The molecule has 0 radical (unpaired) electrons. The lowest BCUT2D eigenvalue weighted by molar-refractivity contribution is 0.402.